The predicted octanol–water partition coefficient (Wildman–Crippen LogP) is 2.93. The molecule has 1 N–H and O–H groups in total. The Morgan fingerprint density at radius 2 is 1.73 bits per heavy atom. The Morgan fingerprint density at radius 3 is 2.42 bits per heavy atom. The van der Waals surface area contributed by atoms with E-state index in [0.717, 1.165) is 5.56 Å². The van der Waals surface area contributed by atoms with E-state index in [2.05, 4.69) is 11.9 Å². The van der Waals surface area contributed by atoms with E-state index in [1.165, 1.54) is 12.0 Å². The fourth-order valence-electron chi connectivity index (χ4n) is 2.88. The molecule has 0 fully saturated rings. The molecular formula is C20H18N2O4. The summed E-state index contributed by atoms with van der Waals surface area (Å²) in [4.78, 5) is 38.0. The Kier molecular flexibility index (Phi) is 4.84. The second-order valence-corrected chi connectivity index (χ2v) is 5.78. The standard InChI is InChI=1S/C20H18N2O4/c1-13-14-7-3-4-8-15(14)19(24)22(13)12-11-18(23)21-17-10-6-5-9-16(17)20(25)26-2/h3-10H,1,11-12H2,2H3,(H,21,23). The van der Waals surface area contributed by atoms with E-state index in [4.69, 9.17) is 4.74 Å². The maximum absolute atomic E-state index is 12.4. The van der Waals surface area contributed by atoms with Gasteiger partial charge in [0.15, 0.2) is 0 Å². The van der Waals surface area contributed by atoms with Crippen LogP contribution >= 0.6 is 0 Å². The number of nitrogens with one attached hydrogen (secondary N) is 1. The average molecular weight is 350 g/mol. The normalized spacial score (nSPS) is 12.7. The third-order valence-corrected chi connectivity index (χ3v) is 4.21. The minimum absolute atomic E-state index is 0.0776. The molecule has 2 amide bonds. The smallest absolute Gasteiger partial charge is 0.339 e. The molecule has 6 heteroatoms. The summed E-state index contributed by atoms with van der Waals surface area (Å²) in [6.07, 6.45) is 0.0776. The van der Waals surface area contributed by atoms with E-state index in [1.807, 2.05) is 12.1 Å². The number of nitrogens with zero attached hydrogens (tertiary/aromatic N) is 1. The maximum atomic E-state index is 12.4. The van der Waals surface area contributed by atoms with Gasteiger partial charge in [0.05, 0.1) is 18.4 Å². The van der Waals surface area contributed by atoms with E-state index in [-0.39, 0.29) is 30.3 Å². The zero-order valence-electron chi connectivity index (χ0n) is 14.3. The molecule has 26 heavy (non-hydrogen) atoms. The van der Waals surface area contributed by atoms with Gasteiger partial charge in [-0.05, 0) is 18.2 Å². The number of fused-ring (bicyclic) bond motifs is 1. The summed E-state index contributed by atoms with van der Waals surface area (Å²) in [5.74, 6) is -0.995. The second kappa shape index (κ2) is 7.23. The lowest BCUT2D eigenvalue weighted by atomic mass is 10.1. The molecule has 0 aromatic heterocycles. The highest BCUT2D eigenvalue weighted by Gasteiger charge is 2.30. The third kappa shape index (κ3) is 3.21. The van der Waals surface area contributed by atoms with Crippen molar-refractivity contribution in [2.24, 2.45) is 0 Å². The zero-order chi connectivity index (χ0) is 18.7. The Labute approximate surface area is 151 Å². The quantitative estimate of drug-likeness (QED) is 0.841. The van der Waals surface area contributed by atoms with Crippen molar-refractivity contribution in [3.8, 4) is 0 Å². The molecule has 0 bridgehead atoms. The van der Waals surface area contributed by atoms with E-state index in [9.17, 15) is 14.4 Å². The number of carbonyl (C=O) groups excluding carboxylic acids is 3. The lowest BCUT2D eigenvalue weighted by Gasteiger charge is -2.17. The van der Waals surface area contributed by atoms with Crippen molar-refractivity contribution in [3.05, 3.63) is 71.8 Å². The first-order chi connectivity index (χ1) is 12.5. The van der Waals surface area contributed by atoms with Crippen LogP contribution < -0.4 is 5.32 Å². The highest BCUT2D eigenvalue weighted by Crippen LogP contribution is 2.31. The van der Waals surface area contributed by atoms with Crippen molar-refractivity contribution in [2.45, 2.75) is 6.42 Å². The van der Waals surface area contributed by atoms with Gasteiger partial charge in [0.2, 0.25) is 5.91 Å². The van der Waals surface area contributed by atoms with Gasteiger partial charge in [-0.1, -0.05) is 36.9 Å². The molecule has 132 valence electrons. The van der Waals surface area contributed by atoms with Crippen LogP contribution in [-0.4, -0.2) is 36.3 Å². The second-order valence-electron chi connectivity index (χ2n) is 5.78. The molecule has 0 unspecified atom stereocenters. The van der Waals surface area contributed by atoms with Gasteiger partial charge in [-0.25, -0.2) is 4.79 Å². The Morgan fingerprint density at radius 1 is 1.08 bits per heavy atom. The lowest BCUT2D eigenvalue weighted by molar-refractivity contribution is -0.116. The molecule has 1 aliphatic rings. The highest BCUT2D eigenvalue weighted by atomic mass is 16.5. The van der Waals surface area contributed by atoms with Gasteiger partial charge in [0.25, 0.3) is 5.91 Å². The number of rotatable bonds is 5. The first-order valence-corrected chi connectivity index (χ1v) is 8.10. The Hall–Kier alpha value is -3.41. The summed E-state index contributed by atoms with van der Waals surface area (Å²) < 4.78 is 4.71. The first-order valence-electron chi connectivity index (χ1n) is 8.10. The van der Waals surface area contributed by atoms with Crippen molar-refractivity contribution in [3.63, 3.8) is 0 Å². The van der Waals surface area contributed by atoms with E-state index in [0.29, 0.717) is 16.9 Å². The maximum Gasteiger partial charge on any atom is 0.339 e. The molecule has 0 radical (unpaired) electrons. The Balaban J connectivity index is 1.65. The zero-order valence-corrected chi connectivity index (χ0v) is 14.3. The minimum atomic E-state index is -0.528. The molecule has 6 nitrogen and oxygen atoms in total. The van der Waals surface area contributed by atoms with Crippen LogP contribution in [0.3, 0.4) is 0 Å². The molecule has 0 atom stereocenters. The van der Waals surface area contributed by atoms with Gasteiger partial charge in [-0.15, -0.1) is 0 Å². The molecular weight excluding hydrogens is 332 g/mol. The molecule has 2 aromatic rings. The van der Waals surface area contributed by atoms with Crippen LogP contribution in [-0.2, 0) is 9.53 Å². The number of esters is 1. The van der Waals surface area contributed by atoms with Crippen molar-refractivity contribution >= 4 is 29.2 Å². The molecule has 0 saturated carbocycles. The van der Waals surface area contributed by atoms with Crippen LogP contribution in [0.5, 0.6) is 0 Å². The van der Waals surface area contributed by atoms with Gasteiger partial charge in [0.1, 0.15) is 0 Å². The number of amides is 2. The largest absolute Gasteiger partial charge is 0.465 e. The van der Waals surface area contributed by atoms with Crippen molar-refractivity contribution in [1.29, 1.82) is 0 Å². The summed E-state index contributed by atoms with van der Waals surface area (Å²) in [5.41, 5.74) is 2.62. The monoisotopic (exact) mass is 350 g/mol. The molecule has 3 rings (SSSR count). The molecule has 0 aliphatic carbocycles. The van der Waals surface area contributed by atoms with E-state index in [1.54, 1.807) is 36.4 Å². The summed E-state index contributed by atoms with van der Waals surface area (Å²) in [6.45, 7) is 4.16. The number of hydrogen-bond donors (Lipinski definition) is 1. The van der Waals surface area contributed by atoms with Gasteiger partial charge in [-0.3, -0.25) is 9.59 Å². The van der Waals surface area contributed by atoms with Crippen molar-refractivity contribution < 1.29 is 19.1 Å². The lowest BCUT2D eigenvalue weighted by Crippen LogP contribution is -2.27. The fourth-order valence-corrected chi connectivity index (χ4v) is 2.88. The van der Waals surface area contributed by atoms with Crippen molar-refractivity contribution in [1.82, 2.24) is 4.90 Å². The van der Waals surface area contributed by atoms with Crippen molar-refractivity contribution in [2.75, 3.05) is 19.0 Å². The number of para-hydroxylation sites is 1. The summed E-state index contributed by atoms with van der Waals surface area (Å²) in [7, 11) is 1.28. The van der Waals surface area contributed by atoms with Gasteiger partial charge in [0, 0.05) is 29.8 Å². The molecule has 2 aromatic carbocycles. The number of ether oxygens (including phenoxy) is 1. The van der Waals surface area contributed by atoms with Crippen LogP contribution in [0.25, 0.3) is 5.70 Å². The van der Waals surface area contributed by atoms with Crippen LogP contribution in [0.2, 0.25) is 0 Å². The minimum Gasteiger partial charge on any atom is -0.465 e. The Bertz CT molecular complexity index is 869. The average Bonchev–Trinajstić information content (AvgIpc) is 2.91. The SMILES string of the molecule is C=C1c2ccccc2C(=O)N1CCC(=O)Nc1ccccc1C(=O)OC. The fraction of sp³-hybridized carbons (Fsp3) is 0.150. The number of carbonyl (C=O) groups is 3. The van der Waals surface area contributed by atoms with E-state index >= 15 is 0 Å². The number of hydrogen-bond acceptors (Lipinski definition) is 4. The van der Waals surface area contributed by atoms with E-state index < -0.39 is 5.97 Å². The van der Waals surface area contributed by atoms with Gasteiger partial charge in [-0.2, -0.15) is 0 Å². The summed E-state index contributed by atoms with van der Waals surface area (Å²) >= 11 is 0. The third-order valence-electron chi connectivity index (χ3n) is 4.21. The summed E-state index contributed by atoms with van der Waals surface area (Å²) in [5, 5.41) is 2.69. The van der Waals surface area contributed by atoms with Gasteiger partial charge < -0.3 is 15.0 Å². The molecule has 1 heterocycles. The highest BCUT2D eigenvalue weighted by molar-refractivity contribution is 6.09. The molecule has 1 aliphatic heterocycles. The van der Waals surface area contributed by atoms with Crippen LogP contribution in [0.15, 0.2) is 55.1 Å². The van der Waals surface area contributed by atoms with Gasteiger partial charge >= 0.3 is 5.97 Å². The predicted molar refractivity (Wildman–Crippen MR) is 97.5 cm³/mol. The number of anilines is 1. The van der Waals surface area contributed by atoms with Crippen LogP contribution in [0.1, 0.15) is 32.7 Å². The van der Waals surface area contributed by atoms with Crippen LogP contribution in [0, 0.1) is 0 Å². The number of benzene rings is 2. The topological polar surface area (TPSA) is 75.7 Å². The number of methoxy groups -OCH3 is 1. The molecule has 0 spiro atoms. The van der Waals surface area contributed by atoms with Crippen LogP contribution in [0.4, 0.5) is 5.69 Å². The first kappa shape index (κ1) is 17.4. The summed E-state index contributed by atoms with van der Waals surface area (Å²) in [6, 6.07) is 13.8. The molecule has 0 saturated heterocycles.